The smallest absolute Gasteiger partial charge is 0.210 e. The Labute approximate surface area is 386 Å². The summed E-state index contributed by atoms with van der Waals surface area (Å²) in [6.45, 7) is 6.77. The third-order valence-corrected chi connectivity index (χ3v) is 13.7. The molecule has 6 heteroatoms. The summed E-state index contributed by atoms with van der Waals surface area (Å²) in [5, 5.41) is 33.9. The average Bonchev–Trinajstić information content (AvgIpc) is 3.27. The number of hydrogen-bond donors (Lipinski definition) is 3. The molecule has 0 aliphatic heterocycles. The predicted octanol–water partition coefficient (Wildman–Crippen LogP) is 16.5. The Morgan fingerprint density at radius 3 is 0.694 bits per heavy atom. The van der Waals surface area contributed by atoms with Gasteiger partial charge in [0.2, 0.25) is 5.60 Å². The van der Waals surface area contributed by atoms with Gasteiger partial charge in [0.15, 0.2) is 17.3 Å². The molecule has 0 amide bonds. The van der Waals surface area contributed by atoms with Crippen molar-refractivity contribution in [2.75, 3.05) is 0 Å². The molecule has 368 valence electrons. The molecule has 0 heterocycles. The summed E-state index contributed by atoms with van der Waals surface area (Å²) in [5.41, 5.74) is -2.75. The SMILES string of the molecule is CCCCCCCCCCCCCCCCCC(=O)C(O)C(O)C(O)(C(=O)CCCCCCCCCCCCCCCC)C(=O)CCCCCCCCCCCCCCCCC. The van der Waals surface area contributed by atoms with Crippen molar-refractivity contribution < 1.29 is 29.7 Å². The van der Waals surface area contributed by atoms with E-state index in [0.29, 0.717) is 19.3 Å². The Balaban J connectivity index is 4.71. The molecule has 6 nitrogen and oxygen atoms in total. The molecule has 0 bridgehead atoms. The van der Waals surface area contributed by atoms with Gasteiger partial charge in [-0.25, -0.2) is 0 Å². The molecule has 0 aliphatic carbocycles. The molecule has 3 unspecified atom stereocenters. The molecule has 0 saturated carbocycles. The number of unbranched alkanes of at least 4 members (excludes halogenated alkanes) is 41. The molecular formula is C56H108O6. The van der Waals surface area contributed by atoms with Gasteiger partial charge in [-0.2, -0.15) is 0 Å². The zero-order chi connectivity index (χ0) is 45.6. The van der Waals surface area contributed by atoms with Crippen LogP contribution in [0.25, 0.3) is 0 Å². The molecule has 0 saturated heterocycles. The quantitative estimate of drug-likeness (QED) is 0.0414. The molecule has 0 aromatic rings. The van der Waals surface area contributed by atoms with Crippen LogP contribution in [0, 0.1) is 0 Å². The first-order valence-corrected chi connectivity index (χ1v) is 27.9. The lowest BCUT2D eigenvalue weighted by Crippen LogP contribution is -2.61. The summed E-state index contributed by atoms with van der Waals surface area (Å²) in [6, 6.07) is 0. The predicted molar refractivity (Wildman–Crippen MR) is 266 cm³/mol. The van der Waals surface area contributed by atoms with Crippen LogP contribution >= 0.6 is 0 Å². The van der Waals surface area contributed by atoms with E-state index in [-0.39, 0.29) is 19.3 Å². The summed E-state index contributed by atoms with van der Waals surface area (Å²) in [5.74, 6) is -2.11. The summed E-state index contributed by atoms with van der Waals surface area (Å²) < 4.78 is 0. The molecule has 0 spiro atoms. The third-order valence-electron chi connectivity index (χ3n) is 13.7. The standard InChI is InChI=1S/C56H108O6/c1-4-7-10-13-16-19-22-25-28-30-33-36-39-42-45-48-51(57)54(60)55(61)56(62,52(58)49-46-43-40-37-34-31-27-24-21-18-15-12-9-6-3)53(59)50-47-44-41-38-35-32-29-26-23-20-17-14-11-8-5-2/h54-55,60-62H,4-50H2,1-3H3. The molecule has 3 atom stereocenters. The van der Waals surface area contributed by atoms with E-state index in [1.165, 1.54) is 205 Å². The van der Waals surface area contributed by atoms with Crippen molar-refractivity contribution in [3.63, 3.8) is 0 Å². The Kier molecular flexibility index (Phi) is 45.6. The summed E-state index contributed by atoms with van der Waals surface area (Å²) in [4.78, 5) is 40.3. The molecule has 0 aliphatic rings. The summed E-state index contributed by atoms with van der Waals surface area (Å²) in [6.07, 6.45) is 48.3. The van der Waals surface area contributed by atoms with E-state index in [1.54, 1.807) is 0 Å². The van der Waals surface area contributed by atoms with Crippen LogP contribution in [0.5, 0.6) is 0 Å². The summed E-state index contributed by atoms with van der Waals surface area (Å²) in [7, 11) is 0. The second-order valence-electron chi connectivity index (χ2n) is 19.7. The lowest BCUT2D eigenvalue weighted by atomic mass is 9.79. The maximum Gasteiger partial charge on any atom is 0.210 e. The van der Waals surface area contributed by atoms with E-state index in [4.69, 9.17) is 0 Å². The maximum atomic E-state index is 13.6. The highest BCUT2D eigenvalue weighted by atomic mass is 16.4. The minimum absolute atomic E-state index is 0.0454. The number of rotatable bonds is 52. The second kappa shape index (κ2) is 46.4. The fourth-order valence-electron chi connectivity index (χ4n) is 9.23. The Morgan fingerprint density at radius 2 is 0.484 bits per heavy atom. The van der Waals surface area contributed by atoms with E-state index in [9.17, 15) is 29.7 Å². The lowest BCUT2D eigenvalue weighted by molar-refractivity contribution is -0.174. The van der Waals surface area contributed by atoms with E-state index in [1.807, 2.05) is 0 Å². The van der Waals surface area contributed by atoms with Gasteiger partial charge in [0.1, 0.15) is 12.2 Å². The van der Waals surface area contributed by atoms with Gasteiger partial charge >= 0.3 is 0 Å². The van der Waals surface area contributed by atoms with Crippen LogP contribution in [0.3, 0.4) is 0 Å². The first-order valence-electron chi connectivity index (χ1n) is 27.9. The minimum atomic E-state index is -2.75. The number of Topliss-reactive ketones (excluding diaryl/α,β-unsaturated/α-hetero) is 3. The molecule has 0 aromatic heterocycles. The van der Waals surface area contributed by atoms with Crippen molar-refractivity contribution in [3.05, 3.63) is 0 Å². The van der Waals surface area contributed by atoms with Crippen molar-refractivity contribution in [1.82, 2.24) is 0 Å². The van der Waals surface area contributed by atoms with Gasteiger partial charge in [-0.05, 0) is 19.3 Å². The van der Waals surface area contributed by atoms with Crippen molar-refractivity contribution in [2.24, 2.45) is 0 Å². The normalized spacial score (nSPS) is 13.6. The highest BCUT2D eigenvalue weighted by molar-refractivity contribution is 6.11. The Hall–Kier alpha value is -1.11. The number of hydrogen-bond acceptors (Lipinski definition) is 6. The van der Waals surface area contributed by atoms with Gasteiger partial charge in [0.05, 0.1) is 0 Å². The average molecular weight is 877 g/mol. The topological polar surface area (TPSA) is 112 Å². The van der Waals surface area contributed by atoms with Crippen LogP contribution in [0.4, 0.5) is 0 Å². The number of ketones is 3. The van der Waals surface area contributed by atoms with Crippen LogP contribution < -0.4 is 0 Å². The van der Waals surface area contributed by atoms with Crippen LogP contribution in [0.15, 0.2) is 0 Å². The highest BCUT2D eigenvalue weighted by Crippen LogP contribution is 2.26. The van der Waals surface area contributed by atoms with E-state index in [2.05, 4.69) is 20.8 Å². The van der Waals surface area contributed by atoms with E-state index < -0.39 is 35.2 Å². The van der Waals surface area contributed by atoms with Gasteiger partial charge in [0, 0.05) is 19.3 Å². The van der Waals surface area contributed by atoms with Crippen LogP contribution in [0.1, 0.15) is 323 Å². The van der Waals surface area contributed by atoms with Crippen LogP contribution in [-0.2, 0) is 14.4 Å². The largest absolute Gasteiger partial charge is 0.386 e. The van der Waals surface area contributed by atoms with Gasteiger partial charge in [-0.1, -0.05) is 284 Å². The van der Waals surface area contributed by atoms with E-state index >= 15 is 0 Å². The lowest BCUT2D eigenvalue weighted by Gasteiger charge is -2.32. The minimum Gasteiger partial charge on any atom is -0.386 e. The zero-order valence-corrected chi connectivity index (χ0v) is 42.0. The van der Waals surface area contributed by atoms with Gasteiger partial charge in [-0.3, -0.25) is 14.4 Å². The first kappa shape index (κ1) is 60.9. The number of carbonyl (C=O) groups excluding carboxylic acids is 3. The zero-order valence-electron chi connectivity index (χ0n) is 42.0. The van der Waals surface area contributed by atoms with Gasteiger partial charge < -0.3 is 15.3 Å². The summed E-state index contributed by atoms with van der Waals surface area (Å²) >= 11 is 0. The van der Waals surface area contributed by atoms with Crippen LogP contribution in [-0.4, -0.2) is 50.5 Å². The molecule has 62 heavy (non-hydrogen) atoms. The van der Waals surface area contributed by atoms with Crippen molar-refractivity contribution >= 4 is 17.3 Å². The van der Waals surface area contributed by atoms with Gasteiger partial charge in [0.25, 0.3) is 0 Å². The van der Waals surface area contributed by atoms with Gasteiger partial charge in [-0.15, -0.1) is 0 Å². The number of aliphatic hydroxyl groups excluding tert-OH is 2. The fraction of sp³-hybridized carbons (Fsp3) is 0.946. The van der Waals surface area contributed by atoms with Crippen LogP contribution in [0.2, 0.25) is 0 Å². The second-order valence-corrected chi connectivity index (χ2v) is 19.7. The number of aliphatic hydroxyl groups is 3. The molecule has 3 N–H and O–H groups in total. The molecule has 0 rings (SSSR count). The molecule has 0 aromatic carbocycles. The van der Waals surface area contributed by atoms with Crippen molar-refractivity contribution in [2.45, 2.75) is 340 Å². The Morgan fingerprint density at radius 1 is 0.306 bits per heavy atom. The fourth-order valence-corrected chi connectivity index (χ4v) is 9.23. The first-order chi connectivity index (χ1) is 30.3. The Bertz CT molecular complexity index is 982. The number of carbonyl (C=O) groups is 3. The third kappa shape index (κ3) is 35.2. The van der Waals surface area contributed by atoms with E-state index in [0.717, 1.165) is 57.8 Å². The molecule has 0 radical (unpaired) electrons. The molecule has 0 fully saturated rings. The van der Waals surface area contributed by atoms with Crippen molar-refractivity contribution in [1.29, 1.82) is 0 Å². The molecular weight excluding hydrogens is 769 g/mol. The maximum absolute atomic E-state index is 13.6. The monoisotopic (exact) mass is 877 g/mol. The highest BCUT2D eigenvalue weighted by Gasteiger charge is 2.52. The van der Waals surface area contributed by atoms with Crippen molar-refractivity contribution in [3.8, 4) is 0 Å².